The number of aromatic nitrogens is 3. The predicted molar refractivity (Wildman–Crippen MR) is 111 cm³/mol. The van der Waals surface area contributed by atoms with E-state index in [9.17, 15) is 19.7 Å². The number of nitrogens with one attached hydrogen (secondary N) is 3. The smallest absolute Gasteiger partial charge is 0.269 e. The third kappa shape index (κ3) is 6.03. The van der Waals surface area contributed by atoms with Gasteiger partial charge in [0.2, 0.25) is 11.1 Å². The van der Waals surface area contributed by atoms with Crippen molar-refractivity contribution < 1.29 is 14.5 Å². The third-order valence-electron chi connectivity index (χ3n) is 3.73. The van der Waals surface area contributed by atoms with Crippen molar-refractivity contribution >= 4 is 46.6 Å². The molecule has 0 aliphatic rings. The molecule has 3 aromatic rings. The molecule has 0 saturated carbocycles. The lowest BCUT2D eigenvalue weighted by atomic mass is 10.2. The number of benzene rings is 2. The van der Waals surface area contributed by atoms with Crippen LogP contribution in [0, 0.1) is 10.1 Å². The first-order chi connectivity index (χ1) is 14.4. The number of hydrogen-bond donors (Lipinski definition) is 3. The number of carbonyl (C=O) groups is 2. The van der Waals surface area contributed by atoms with Gasteiger partial charge in [-0.05, 0) is 36.4 Å². The zero-order chi connectivity index (χ0) is 21.5. The monoisotopic (exact) mass is 446 g/mol. The molecule has 0 aliphatic heterocycles. The number of anilines is 1. The quantitative estimate of drug-likeness (QED) is 0.274. The molecule has 0 radical (unpaired) electrons. The molecule has 30 heavy (non-hydrogen) atoms. The van der Waals surface area contributed by atoms with Gasteiger partial charge in [0.1, 0.15) is 5.82 Å². The van der Waals surface area contributed by atoms with E-state index in [1.807, 2.05) is 0 Å². The molecule has 3 N–H and O–H groups in total. The number of rotatable bonds is 8. The van der Waals surface area contributed by atoms with Crippen LogP contribution in [0.2, 0.25) is 5.02 Å². The second-order valence-electron chi connectivity index (χ2n) is 5.90. The van der Waals surface area contributed by atoms with E-state index in [0.717, 1.165) is 11.8 Å². The van der Waals surface area contributed by atoms with E-state index in [0.29, 0.717) is 27.3 Å². The van der Waals surface area contributed by atoms with Crippen molar-refractivity contribution in [3.63, 3.8) is 0 Å². The fraction of sp³-hybridized carbons (Fsp3) is 0.111. The van der Waals surface area contributed by atoms with Crippen LogP contribution in [0.4, 0.5) is 11.4 Å². The highest BCUT2D eigenvalue weighted by molar-refractivity contribution is 7.99. The number of nitrogens with zero attached hydrogens (tertiary/aromatic N) is 3. The van der Waals surface area contributed by atoms with Crippen LogP contribution in [0.25, 0.3) is 0 Å². The number of H-pyrrole nitrogens is 1. The number of non-ortho nitro benzene ring substituents is 1. The highest BCUT2D eigenvalue weighted by Crippen LogP contribution is 2.17. The first-order valence-electron chi connectivity index (χ1n) is 8.53. The van der Waals surface area contributed by atoms with Gasteiger partial charge in [0, 0.05) is 28.4 Å². The average Bonchev–Trinajstić information content (AvgIpc) is 3.19. The SMILES string of the molecule is O=C(CSc1n[nH]c(CNC(=O)c2ccc(Cl)cc2)n1)Nc1ccc([N+](=O)[O-])cc1. The summed E-state index contributed by atoms with van der Waals surface area (Å²) < 4.78 is 0. The first-order valence-corrected chi connectivity index (χ1v) is 9.89. The molecular formula is C18H15ClN6O4S. The molecule has 2 amide bonds. The van der Waals surface area contributed by atoms with Crippen LogP contribution in [-0.4, -0.2) is 37.7 Å². The van der Waals surface area contributed by atoms with Gasteiger partial charge in [-0.15, -0.1) is 5.10 Å². The van der Waals surface area contributed by atoms with Crippen molar-refractivity contribution in [2.75, 3.05) is 11.1 Å². The van der Waals surface area contributed by atoms with Crippen molar-refractivity contribution in [3.05, 3.63) is 75.1 Å². The Morgan fingerprint density at radius 3 is 2.50 bits per heavy atom. The van der Waals surface area contributed by atoms with Gasteiger partial charge in [-0.3, -0.25) is 24.8 Å². The van der Waals surface area contributed by atoms with Gasteiger partial charge in [0.25, 0.3) is 11.6 Å². The van der Waals surface area contributed by atoms with Gasteiger partial charge in [0.05, 0.1) is 17.2 Å². The Hall–Kier alpha value is -3.44. The van der Waals surface area contributed by atoms with Crippen LogP contribution in [0.15, 0.2) is 53.7 Å². The minimum atomic E-state index is -0.514. The molecule has 1 aromatic heterocycles. The van der Waals surface area contributed by atoms with E-state index in [-0.39, 0.29) is 29.8 Å². The Labute approximate surface area is 179 Å². The van der Waals surface area contributed by atoms with Gasteiger partial charge >= 0.3 is 0 Å². The Balaban J connectivity index is 1.44. The van der Waals surface area contributed by atoms with Crippen LogP contribution < -0.4 is 10.6 Å². The van der Waals surface area contributed by atoms with E-state index in [1.54, 1.807) is 24.3 Å². The van der Waals surface area contributed by atoms with Gasteiger partial charge in [-0.1, -0.05) is 23.4 Å². The number of halogens is 1. The second kappa shape index (κ2) is 9.85. The molecule has 0 spiro atoms. The number of nitro groups is 1. The number of hydrogen-bond acceptors (Lipinski definition) is 7. The van der Waals surface area contributed by atoms with Crippen molar-refractivity contribution in [1.82, 2.24) is 20.5 Å². The molecule has 12 heteroatoms. The summed E-state index contributed by atoms with van der Waals surface area (Å²) >= 11 is 6.90. The molecule has 0 bridgehead atoms. The fourth-order valence-corrected chi connectivity index (χ4v) is 3.03. The molecule has 1 heterocycles. The highest BCUT2D eigenvalue weighted by atomic mass is 35.5. The maximum atomic E-state index is 12.1. The summed E-state index contributed by atoms with van der Waals surface area (Å²) in [5.74, 6) is -0.0996. The first kappa shape index (κ1) is 21.3. The van der Waals surface area contributed by atoms with E-state index in [2.05, 4.69) is 25.8 Å². The second-order valence-corrected chi connectivity index (χ2v) is 7.27. The normalized spacial score (nSPS) is 10.4. The largest absolute Gasteiger partial charge is 0.345 e. The van der Waals surface area contributed by atoms with E-state index >= 15 is 0 Å². The molecule has 10 nitrogen and oxygen atoms in total. The molecule has 0 saturated heterocycles. The van der Waals surface area contributed by atoms with E-state index in [1.165, 1.54) is 24.3 Å². The highest BCUT2D eigenvalue weighted by Gasteiger charge is 2.11. The lowest BCUT2D eigenvalue weighted by Crippen LogP contribution is -2.23. The van der Waals surface area contributed by atoms with Gasteiger partial charge < -0.3 is 10.6 Å². The molecule has 154 valence electrons. The lowest BCUT2D eigenvalue weighted by molar-refractivity contribution is -0.384. The minimum absolute atomic E-state index is 0.0470. The zero-order valence-electron chi connectivity index (χ0n) is 15.3. The zero-order valence-corrected chi connectivity index (χ0v) is 16.9. The maximum absolute atomic E-state index is 12.1. The molecule has 2 aromatic carbocycles. The van der Waals surface area contributed by atoms with E-state index in [4.69, 9.17) is 11.6 Å². The molecule has 3 rings (SSSR count). The van der Waals surface area contributed by atoms with Crippen molar-refractivity contribution in [1.29, 1.82) is 0 Å². The summed E-state index contributed by atoms with van der Waals surface area (Å²) in [5.41, 5.74) is 0.863. The molecule has 0 aliphatic carbocycles. The van der Waals surface area contributed by atoms with Crippen LogP contribution >= 0.6 is 23.4 Å². The molecule has 0 unspecified atom stereocenters. The summed E-state index contributed by atoms with van der Waals surface area (Å²) in [6, 6.07) is 12.0. The fourth-order valence-electron chi connectivity index (χ4n) is 2.28. The van der Waals surface area contributed by atoms with Crippen LogP contribution in [0.1, 0.15) is 16.2 Å². The number of thioether (sulfide) groups is 1. The number of aromatic amines is 1. The standard InChI is InChI=1S/C18H15ClN6O4S/c19-12-3-1-11(2-4-12)17(27)20-9-15-22-18(24-23-15)30-10-16(26)21-13-5-7-14(8-6-13)25(28)29/h1-8H,9-10H2,(H,20,27)(H,21,26)(H,22,23,24). The van der Waals surface area contributed by atoms with Crippen molar-refractivity contribution in [2.45, 2.75) is 11.7 Å². The predicted octanol–water partition coefficient (Wildman–Crippen LogP) is 3.03. The summed E-state index contributed by atoms with van der Waals surface area (Å²) in [6.45, 7) is 0.143. The number of carbonyl (C=O) groups excluding carboxylic acids is 2. The van der Waals surface area contributed by atoms with Gasteiger partial charge in [-0.25, -0.2) is 4.98 Å². The molecule has 0 atom stereocenters. The average molecular weight is 447 g/mol. The van der Waals surface area contributed by atoms with Crippen molar-refractivity contribution in [2.24, 2.45) is 0 Å². The molecule has 0 fully saturated rings. The topological polar surface area (TPSA) is 143 Å². The van der Waals surface area contributed by atoms with Crippen molar-refractivity contribution in [3.8, 4) is 0 Å². The Morgan fingerprint density at radius 2 is 1.83 bits per heavy atom. The Kier molecular flexibility index (Phi) is 6.99. The van der Waals surface area contributed by atoms with Crippen LogP contribution in [0.5, 0.6) is 0 Å². The summed E-state index contributed by atoms with van der Waals surface area (Å²) in [7, 11) is 0. The Morgan fingerprint density at radius 1 is 1.13 bits per heavy atom. The number of amides is 2. The number of nitro benzene ring substituents is 1. The lowest BCUT2D eigenvalue weighted by Gasteiger charge is -2.03. The summed E-state index contributed by atoms with van der Waals surface area (Å²) in [5, 5.41) is 23.6. The minimum Gasteiger partial charge on any atom is -0.345 e. The summed E-state index contributed by atoms with van der Waals surface area (Å²) in [4.78, 5) is 38.4. The van der Waals surface area contributed by atoms with Gasteiger partial charge in [0.15, 0.2) is 0 Å². The van der Waals surface area contributed by atoms with E-state index < -0.39 is 4.92 Å². The van der Waals surface area contributed by atoms with Crippen LogP contribution in [0.3, 0.4) is 0 Å². The summed E-state index contributed by atoms with van der Waals surface area (Å²) in [6.07, 6.45) is 0. The van der Waals surface area contributed by atoms with Crippen LogP contribution in [-0.2, 0) is 11.3 Å². The molecular weight excluding hydrogens is 432 g/mol. The third-order valence-corrected chi connectivity index (χ3v) is 4.83. The van der Waals surface area contributed by atoms with Gasteiger partial charge in [-0.2, -0.15) is 0 Å². The maximum Gasteiger partial charge on any atom is 0.269 e. The Bertz CT molecular complexity index is 1060.